The largest absolute Gasteiger partial charge is 0.619 e. The van der Waals surface area contributed by atoms with E-state index in [1.165, 1.54) is 17.3 Å². The fourth-order valence-corrected chi connectivity index (χ4v) is 4.33. The fraction of sp³-hybridized carbons (Fsp3) is 0.353. The molecule has 2 aromatic rings. The van der Waals surface area contributed by atoms with Gasteiger partial charge in [-0.05, 0) is 6.07 Å². The molecule has 0 bridgehead atoms. The van der Waals surface area contributed by atoms with E-state index in [0.717, 1.165) is 23.1 Å². The maximum Gasteiger partial charge on any atom is 0.389 e. The summed E-state index contributed by atoms with van der Waals surface area (Å²) in [4.78, 5) is 18.0. The Kier molecular flexibility index (Phi) is 7.98. The van der Waals surface area contributed by atoms with Gasteiger partial charge in [-0.15, -0.1) is 6.42 Å². The number of halogens is 4. The van der Waals surface area contributed by atoms with Crippen LogP contribution in [0.2, 0.25) is 5.15 Å². The zero-order chi connectivity index (χ0) is 20.7. The van der Waals surface area contributed by atoms with Crippen molar-refractivity contribution in [3.63, 3.8) is 0 Å². The zero-order valence-corrected chi connectivity index (χ0v) is 16.8. The number of carbonyl (C=O) groups excluding carboxylic acids is 1. The van der Waals surface area contributed by atoms with Crippen LogP contribution in [0.3, 0.4) is 0 Å². The first-order valence-corrected chi connectivity index (χ1v) is 10.3. The number of terminal acetylenes is 1. The second-order valence-electron chi connectivity index (χ2n) is 5.48. The molecule has 0 aromatic carbocycles. The number of rotatable bonds is 8. The van der Waals surface area contributed by atoms with Gasteiger partial charge in [-0.25, -0.2) is 4.98 Å². The highest BCUT2D eigenvalue weighted by Crippen LogP contribution is 2.37. The Balaban J connectivity index is 2.07. The lowest BCUT2D eigenvalue weighted by Crippen LogP contribution is -2.31. The van der Waals surface area contributed by atoms with E-state index in [9.17, 15) is 23.2 Å². The Bertz CT molecular complexity index is 868. The second kappa shape index (κ2) is 10.0. The third-order valence-electron chi connectivity index (χ3n) is 3.38. The molecular weight excluding hydrogens is 435 g/mol. The first-order chi connectivity index (χ1) is 13.2. The van der Waals surface area contributed by atoms with E-state index < -0.39 is 12.6 Å². The molecule has 5 nitrogen and oxygen atoms in total. The summed E-state index contributed by atoms with van der Waals surface area (Å²) in [6.45, 7) is -0.0518. The van der Waals surface area contributed by atoms with Crippen LogP contribution >= 0.6 is 34.7 Å². The van der Waals surface area contributed by atoms with Crippen molar-refractivity contribution in [1.29, 1.82) is 0 Å². The van der Waals surface area contributed by atoms with Crippen molar-refractivity contribution in [3.05, 3.63) is 34.9 Å². The number of carbonyl (C=O) groups is 1. The number of anilines is 1. The minimum Gasteiger partial charge on any atom is -0.619 e. The molecule has 2 heterocycles. The lowest BCUT2D eigenvalue weighted by molar-refractivity contribution is -0.604. The van der Waals surface area contributed by atoms with Gasteiger partial charge in [-0.3, -0.25) is 9.69 Å². The van der Waals surface area contributed by atoms with Gasteiger partial charge in [0.25, 0.3) is 0 Å². The van der Waals surface area contributed by atoms with Crippen LogP contribution in [0.1, 0.15) is 12.8 Å². The normalized spacial score (nSPS) is 11.2. The average molecular weight is 450 g/mol. The van der Waals surface area contributed by atoms with E-state index in [0.29, 0.717) is 20.3 Å². The monoisotopic (exact) mass is 449 g/mol. The number of nitrogens with zero attached hydrogens (tertiary/aromatic N) is 3. The number of thiazole rings is 1. The molecule has 0 fully saturated rings. The summed E-state index contributed by atoms with van der Waals surface area (Å²) < 4.78 is 37.1. The number of pyridine rings is 1. The summed E-state index contributed by atoms with van der Waals surface area (Å²) in [5.74, 6) is 2.13. The van der Waals surface area contributed by atoms with Crippen molar-refractivity contribution in [2.45, 2.75) is 19.0 Å². The number of aromatic nitrogens is 2. The van der Waals surface area contributed by atoms with Crippen molar-refractivity contribution in [3.8, 4) is 22.9 Å². The molecule has 0 saturated carbocycles. The molecule has 0 aliphatic heterocycles. The van der Waals surface area contributed by atoms with Gasteiger partial charge in [-0.1, -0.05) is 28.9 Å². The molecule has 1 amide bonds. The first-order valence-electron chi connectivity index (χ1n) is 7.95. The Morgan fingerprint density at radius 3 is 2.86 bits per heavy atom. The third kappa shape index (κ3) is 6.58. The van der Waals surface area contributed by atoms with Crippen LogP contribution in [0.25, 0.3) is 10.6 Å². The Morgan fingerprint density at radius 2 is 2.21 bits per heavy atom. The average Bonchev–Trinajstić information content (AvgIpc) is 2.99. The molecule has 0 atom stereocenters. The lowest BCUT2D eigenvalue weighted by atomic mass is 10.3. The highest BCUT2D eigenvalue weighted by atomic mass is 35.5. The topological polar surface area (TPSA) is 60.1 Å². The maximum atomic E-state index is 12.5. The summed E-state index contributed by atoms with van der Waals surface area (Å²) in [5.41, 5.74) is 0.534. The summed E-state index contributed by atoms with van der Waals surface area (Å²) >= 11 is 8.31. The van der Waals surface area contributed by atoms with Gasteiger partial charge in [0.2, 0.25) is 5.91 Å². The standard InChI is InChI=1S/C17H15ClF3N3O2S2/c1-2-7-24(13(25)5-9-27-10-6-17(19,20)21)16-14(18)22-15(28-16)12-4-3-8-23(26)11-12/h1,3-4,8,11H,5-7,9-10H2. The molecule has 150 valence electrons. The zero-order valence-electron chi connectivity index (χ0n) is 14.4. The number of amides is 1. The van der Waals surface area contributed by atoms with E-state index in [2.05, 4.69) is 10.9 Å². The molecule has 0 unspecified atom stereocenters. The number of thioether (sulfide) groups is 1. The lowest BCUT2D eigenvalue weighted by Gasteiger charge is -2.18. The van der Waals surface area contributed by atoms with E-state index in [1.54, 1.807) is 12.1 Å². The summed E-state index contributed by atoms with van der Waals surface area (Å²) in [5, 5.41) is 12.3. The van der Waals surface area contributed by atoms with Gasteiger partial charge in [0.05, 0.1) is 18.5 Å². The molecule has 11 heteroatoms. The summed E-state index contributed by atoms with van der Waals surface area (Å²) in [7, 11) is 0. The van der Waals surface area contributed by atoms with Crippen LogP contribution in [-0.4, -0.2) is 35.1 Å². The number of hydrogen-bond donors (Lipinski definition) is 0. The van der Waals surface area contributed by atoms with Gasteiger partial charge >= 0.3 is 6.18 Å². The molecule has 2 rings (SSSR count). The summed E-state index contributed by atoms with van der Waals surface area (Å²) in [6, 6.07) is 3.23. The van der Waals surface area contributed by atoms with Gasteiger partial charge in [0, 0.05) is 24.0 Å². The molecule has 0 saturated heterocycles. The Hall–Kier alpha value is -1.96. The fourth-order valence-electron chi connectivity index (χ4n) is 2.11. The van der Waals surface area contributed by atoms with Crippen molar-refractivity contribution >= 4 is 45.6 Å². The highest BCUT2D eigenvalue weighted by molar-refractivity contribution is 7.99. The van der Waals surface area contributed by atoms with E-state index >= 15 is 0 Å². The van der Waals surface area contributed by atoms with Crippen LogP contribution in [0.5, 0.6) is 0 Å². The molecule has 0 aliphatic carbocycles. The minimum atomic E-state index is -4.21. The predicted molar refractivity (Wildman–Crippen MR) is 105 cm³/mol. The second-order valence-corrected chi connectivity index (χ2v) is 8.04. The van der Waals surface area contributed by atoms with Crippen LogP contribution in [0.4, 0.5) is 18.2 Å². The van der Waals surface area contributed by atoms with Crippen molar-refractivity contribution in [2.24, 2.45) is 0 Å². The van der Waals surface area contributed by atoms with Gasteiger partial charge < -0.3 is 5.21 Å². The van der Waals surface area contributed by atoms with E-state index in [4.69, 9.17) is 18.0 Å². The van der Waals surface area contributed by atoms with Gasteiger partial charge in [0.1, 0.15) is 10.0 Å². The number of alkyl halides is 3. The molecule has 0 radical (unpaired) electrons. The summed E-state index contributed by atoms with van der Waals surface area (Å²) in [6.07, 6.45) is 2.89. The van der Waals surface area contributed by atoms with E-state index in [-0.39, 0.29) is 35.5 Å². The van der Waals surface area contributed by atoms with Gasteiger partial charge in [0.15, 0.2) is 17.5 Å². The molecule has 0 spiro atoms. The van der Waals surface area contributed by atoms with Crippen molar-refractivity contribution in [1.82, 2.24) is 4.98 Å². The smallest absolute Gasteiger partial charge is 0.389 e. The molecule has 2 aromatic heterocycles. The molecular formula is C17H15ClF3N3O2S2. The molecule has 0 aliphatic rings. The van der Waals surface area contributed by atoms with Crippen molar-refractivity contribution in [2.75, 3.05) is 23.0 Å². The van der Waals surface area contributed by atoms with Gasteiger partial charge in [-0.2, -0.15) is 29.7 Å². The quantitative estimate of drug-likeness (QED) is 0.263. The third-order valence-corrected chi connectivity index (χ3v) is 5.87. The highest BCUT2D eigenvalue weighted by Gasteiger charge is 2.26. The van der Waals surface area contributed by atoms with Crippen molar-refractivity contribution < 1.29 is 22.7 Å². The van der Waals surface area contributed by atoms with Crippen LogP contribution < -0.4 is 9.63 Å². The van der Waals surface area contributed by atoms with Crippen LogP contribution in [0, 0.1) is 17.6 Å². The SMILES string of the molecule is C#CCN(C(=O)CCSCCC(F)(F)F)c1sc(-c2ccc[n+]([O-])c2)nc1Cl. The minimum absolute atomic E-state index is 0.0136. The maximum absolute atomic E-state index is 12.5. The van der Waals surface area contributed by atoms with Crippen LogP contribution in [0.15, 0.2) is 24.5 Å². The molecule has 28 heavy (non-hydrogen) atoms. The number of hydrogen-bond acceptors (Lipinski definition) is 5. The van der Waals surface area contributed by atoms with E-state index in [1.807, 2.05) is 0 Å². The van der Waals surface area contributed by atoms with Crippen LogP contribution in [-0.2, 0) is 4.79 Å². The predicted octanol–water partition coefficient (Wildman–Crippen LogP) is 4.14. The first kappa shape index (κ1) is 22.3. The molecule has 0 N–H and O–H groups in total. The Labute approximate surface area is 173 Å². The Morgan fingerprint density at radius 1 is 1.46 bits per heavy atom.